The normalized spacial score (nSPS) is 13.6. The number of aliphatic hydroxyl groups excluding tert-OH is 3. The van der Waals surface area contributed by atoms with E-state index < -0.39 is 18.2 Å². The number of hydrogen-bond acceptors (Lipinski definition) is 4. The molecule has 0 rings (SSSR count). The molecule has 1 amide bonds. The van der Waals surface area contributed by atoms with Gasteiger partial charge in [-0.2, -0.15) is 0 Å². The monoisotopic (exact) mass is 912 g/mol. The predicted octanol–water partition coefficient (Wildman–Crippen LogP) is 18.0. The number of rotatable bonds is 53. The summed E-state index contributed by atoms with van der Waals surface area (Å²) >= 11 is 0. The molecule has 0 spiro atoms. The molecule has 0 aromatic rings. The first-order valence-corrected chi connectivity index (χ1v) is 28.9. The van der Waals surface area contributed by atoms with Crippen LogP contribution in [0.4, 0.5) is 0 Å². The molecule has 4 N–H and O–H groups in total. The number of carbonyl (C=O) groups is 1. The Morgan fingerprint density at radius 1 is 0.385 bits per heavy atom. The molecule has 0 aromatic heterocycles. The van der Waals surface area contributed by atoms with Crippen molar-refractivity contribution in [2.75, 3.05) is 6.61 Å². The minimum Gasteiger partial charge on any atom is -0.394 e. The van der Waals surface area contributed by atoms with Crippen molar-refractivity contribution in [3.8, 4) is 0 Å². The summed E-state index contributed by atoms with van der Waals surface area (Å²) in [5.74, 6) is -0.327. The molecule has 0 heterocycles. The summed E-state index contributed by atoms with van der Waals surface area (Å²) in [7, 11) is 0. The fourth-order valence-corrected chi connectivity index (χ4v) is 8.90. The summed E-state index contributed by atoms with van der Waals surface area (Å²) < 4.78 is 0. The summed E-state index contributed by atoms with van der Waals surface area (Å²) in [5, 5.41) is 33.4. The van der Waals surface area contributed by atoms with Crippen molar-refractivity contribution in [1.82, 2.24) is 5.32 Å². The molecule has 0 saturated carbocycles. The van der Waals surface area contributed by atoms with E-state index in [4.69, 9.17) is 0 Å². The first-order chi connectivity index (χ1) is 32.0. The van der Waals surface area contributed by atoms with Crippen LogP contribution in [-0.2, 0) is 4.79 Å². The summed E-state index contributed by atoms with van der Waals surface area (Å²) in [4.78, 5) is 12.5. The van der Waals surface area contributed by atoms with Gasteiger partial charge in [-0.1, -0.05) is 274 Å². The third kappa shape index (κ3) is 51.5. The van der Waals surface area contributed by atoms with Crippen LogP contribution in [0.15, 0.2) is 48.6 Å². The largest absolute Gasteiger partial charge is 0.394 e. The van der Waals surface area contributed by atoms with Gasteiger partial charge in [-0.15, -0.1) is 0 Å². The number of hydrogen-bond donors (Lipinski definition) is 4. The van der Waals surface area contributed by atoms with Crippen molar-refractivity contribution in [3.05, 3.63) is 48.6 Å². The quantitative estimate of drug-likeness (QED) is 0.0361. The molecule has 0 aromatic carbocycles. The number of amides is 1. The Morgan fingerprint density at radius 2 is 0.662 bits per heavy atom. The van der Waals surface area contributed by atoms with Gasteiger partial charge in [0.05, 0.1) is 31.3 Å². The van der Waals surface area contributed by atoms with E-state index in [1.165, 1.54) is 238 Å². The van der Waals surface area contributed by atoms with E-state index in [2.05, 4.69) is 55.6 Å². The molecule has 0 aliphatic rings. The molecule has 3 atom stereocenters. The van der Waals surface area contributed by atoms with Gasteiger partial charge in [0.25, 0.3) is 0 Å². The van der Waals surface area contributed by atoms with E-state index in [1.54, 1.807) is 6.08 Å². The van der Waals surface area contributed by atoms with Gasteiger partial charge in [-0.05, 0) is 70.6 Å². The molecule has 0 radical (unpaired) electrons. The summed E-state index contributed by atoms with van der Waals surface area (Å²) in [6.45, 7) is 4.23. The highest BCUT2D eigenvalue weighted by atomic mass is 16.3. The molecule has 5 nitrogen and oxygen atoms in total. The topological polar surface area (TPSA) is 89.8 Å². The molecule has 5 heteroatoms. The third-order valence-corrected chi connectivity index (χ3v) is 13.3. The Labute approximate surface area is 406 Å². The van der Waals surface area contributed by atoms with Crippen LogP contribution in [0.2, 0.25) is 0 Å². The Bertz CT molecular complexity index is 1050. The van der Waals surface area contributed by atoms with Gasteiger partial charge in [0.2, 0.25) is 5.91 Å². The van der Waals surface area contributed by atoms with Gasteiger partial charge in [0.15, 0.2) is 0 Å². The molecular formula is C60H113NO4. The predicted molar refractivity (Wildman–Crippen MR) is 287 cm³/mol. The lowest BCUT2D eigenvalue weighted by molar-refractivity contribution is -0.124. The van der Waals surface area contributed by atoms with Gasteiger partial charge < -0.3 is 20.6 Å². The van der Waals surface area contributed by atoms with Crippen LogP contribution >= 0.6 is 0 Å². The summed E-state index contributed by atoms with van der Waals surface area (Å²) in [6.07, 6.45) is 73.1. The van der Waals surface area contributed by atoms with Crippen LogP contribution in [-0.4, -0.2) is 46.1 Å². The average molecular weight is 913 g/mol. The zero-order valence-electron chi connectivity index (χ0n) is 43.6. The second kappa shape index (κ2) is 54.9. The van der Waals surface area contributed by atoms with Crippen molar-refractivity contribution in [1.29, 1.82) is 0 Å². The Morgan fingerprint density at radius 3 is 0.985 bits per heavy atom. The lowest BCUT2D eigenvalue weighted by Gasteiger charge is -2.21. The van der Waals surface area contributed by atoms with Crippen LogP contribution in [0.5, 0.6) is 0 Å². The van der Waals surface area contributed by atoms with Crippen LogP contribution in [0.25, 0.3) is 0 Å². The van der Waals surface area contributed by atoms with Crippen LogP contribution < -0.4 is 5.32 Å². The molecule has 0 fully saturated rings. The van der Waals surface area contributed by atoms with Crippen molar-refractivity contribution >= 4 is 5.91 Å². The standard InChI is InChI=1S/C60H113NO4/c1-3-5-7-9-11-13-15-17-19-21-23-25-27-28-29-30-31-32-33-35-37-39-41-43-45-47-49-51-53-57(63)55-60(65)61-58(56-62)59(64)54-52-50-48-46-44-42-40-38-36-34-26-24-22-20-18-16-14-12-10-8-6-4-2/h28-29,36,38,44,46,52,54,57-59,62-64H,3-27,30-35,37,39-43,45,47-51,53,55-56H2,1-2H3,(H,61,65)/b29-28-,38-36+,46-44+,54-52+. The number of allylic oxidation sites excluding steroid dienone is 7. The maximum atomic E-state index is 12.5. The number of aliphatic hydroxyl groups is 3. The maximum Gasteiger partial charge on any atom is 0.222 e. The Hall–Kier alpha value is -1.69. The third-order valence-electron chi connectivity index (χ3n) is 13.3. The maximum absolute atomic E-state index is 12.5. The molecule has 65 heavy (non-hydrogen) atoms. The molecule has 0 bridgehead atoms. The molecule has 382 valence electrons. The van der Waals surface area contributed by atoms with Crippen LogP contribution in [0, 0.1) is 0 Å². The fraction of sp³-hybridized carbons (Fsp3) is 0.850. The highest BCUT2D eigenvalue weighted by Crippen LogP contribution is 2.17. The smallest absolute Gasteiger partial charge is 0.222 e. The highest BCUT2D eigenvalue weighted by molar-refractivity contribution is 5.76. The van der Waals surface area contributed by atoms with Crippen LogP contribution in [0.1, 0.15) is 303 Å². The lowest BCUT2D eigenvalue weighted by atomic mass is 10.0. The van der Waals surface area contributed by atoms with Crippen molar-refractivity contribution in [2.24, 2.45) is 0 Å². The van der Waals surface area contributed by atoms with Crippen molar-refractivity contribution in [2.45, 2.75) is 321 Å². The number of carbonyl (C=O) groups excluding carboxylic acids is 1. The van der Waals surface area contributed by atoms with Crippen molar-refractivity contribution < 1.29 is 20.1 Å². The zero-order chi connectivity index (χ0) is 47.2. The fourth-order valence-electron chi connectivity index (χ4n) is 8.90. The SMILES string of the molecule is CCCCCCCCCCCCCC/C=C\CCCCCCCCCCCCCCC(O)CC(=O)NC(CO)C(O)/C=C/CC/C=C/CC/C=C/CCCCCCCCCCCCCC. The molecule has 0 aliphatic heterocycles. The van der Waals surface area contributed by atoms with E-state index in [0.717, 1.165) is 38.5 Å². The minimum absolute atomic E-state index is 0.00251. The van der Waals surface area contributed by atoms with E-state index in [-0.39, 0.29) is 18.9 Å². The molecule has 0 saturated heterocycles. The van der Waals surface area contributed by atoms with Gasteiger partial charge in [0.1, 0.15) is 0 Å². The van der Waals surface area contributed by atoms with E-state index in [0.29, 0.717) is 6.42 Å². The van der Waals surface area contributed by atoms with Crippen molar-refractivity contribution in [3.63, 3.8) is 0 Å². The van der Waals surface area contributed by atoms with Gasteiger partial charge >= 0.3 is 0 Å². The second-order valence-corrected chi connectivity index (χ2v) is 19.9. The van der Waals surface area contributed by atoms with E-state index >= 15 is 0 Å². The first kappa shape index (κ1) is 63.3. The minimum atomic E-state index is -0.962. The second-order valence-electron chi connectivity index (χ2n) is 19.9. The molecular weight excluding hydrogens is 799 g/mol. The Balaban J connectivity index is 3.61. The molecule has 3 unspecified atom stereocenters. The number of nitrogens with one attached hydrogen (secondary N) is 1. The number of unbranched alkanes of at least 4 members (excludes halogenated alkanes) is 38. The van der Waals surface area contributed by atoms with Gasteiger partial charge in [-0.3, -0.25) is 4.79 Å². The highest BCUT2D eigenvalue weighted by Gasteiger charge is 2.20. The van der Waals surface area contributed by atoms with E-state index in [1.807, 2.05) is 6.08 Å². The lowest BCUT2D eigenvalue weighted by Crippen LogP contribution is -2.45. The first-order valence-electron chi connectivity index (χ1n) is 28.9. The Kier molecular flexibility index (Phi) is 53.5. The molecule has 0 aliphatic carbocycles. The average Bonchev–Trinajstić information content (AvgIpc) is 3.30. The summed E-state index contributed by atoms with van der Waals surface area (Å²) in [5.41, 5.74) is 0. The van der Waals surface area contributed by atoms with Crippen LogP contribution in [0.3, 0.4) is 0 Å². The van der Waals surface area contributed by atoms with Gasteiger partial charge in [-0.25, -0.2) is 0 Å². The zero-order valence-corrected chi connectivity index (χ0v) is 43.6. The van der Waals surface area contributed by atoms with E-state index in [9.17, 15) is 20.1 Å². The van der Waals surface area contributed by atoms with Gasteiger partial charge in [0, 0.05) is 0 Å². The summed E-state index contributed by atoms with van der Waals surface area (Å²) in [6, 6.07) is -0.769.